The lowest BCUT2D eigenvalue weighted by atomic mass is 9.78. The van der Waals surface area contributed by atoms with Gasteiger partial charge in [-0.05, 0) is 24.3 Å². The van der Waals surface area contributed by atoms with Crippen molar-refractivity contribution in [2.24, 2.45) is 16.8 Å². The predicted molar refractivity (Wildman–Crippen MR) is 85.9 cm³/mol. The van der Waals surface area contributed by atoms with E-state index in [9.17, 15) is 18.5 Å². The zero-order valence-electron chi connectivity index (χ0n) is 13.0. The van der Waals surface area contributed by atoms with Crippen LogP contribution in [0.25, 0.3) is 0 Å². The Hall–Kier alpha value is -1.96. The SMILES string of the molecule is C[C@@H]1[C@H](C)CCC[C@@H]1N=C1NS(=O)(=O)c2cc([N+](=O)[O-])ccc21. The molecule has 1 N–H and O–H groups in total. The quantitative estimate of drug-likeness (QED) is 0.661. The van der Waals surface area contributed by atoms with Gasteiger partial charge in [0.15, 0.2) is 0 Å². The summed E-state index contributed by atoms with van der Waals surface area (Å²) in [7, 11) is -3.78. The highest BCUT2D eigenvalue weighted by Gasteiger charge is 2.34. The van der Waals surface area contributed by atoms with E-state index in [-0.39, 0.29) is 16.6 Å². The monoisotopic (exact) mass is 337 g/mol. The Balaban J connectivity index is 2.02. The number of nitro benzene ring substituents is 1. The number of nitrogens with one attached hydrogen (secondary N) is 1. The van der Waals surface area contributed by atoms with Gasteiger partial charge in [-0.15, -0.1) is 0 Å². The molecule has 124 valence electrons. The Bertz CT molecular complexity index is 788. The number of nitrogens with zero attached hydrogens (tertiary/aromatic N) is 2. The lowest BCUT2D eigenvalue weighted by Gasteiger charge is -2.31. The molecule has 0 spiro atoms. The molecule has 0 amide bonds. The standard InChI is InChI=1S/C15H19N3O4S/c1-9-4-3-5-13(10(9)2)16-15-12-7-6-11(18(19)20)8-14(12)23(21,22)17-15/h6-10,13H,3-5H2,1-2H3,(H,16,17)/t9-,10-,13+/m1/s1. The highest BCUT2D eigenvalue weighted by molar-refractivity contribution is 7.90. The number of aliphatic imine (C=N–C) groups is 1. The first-order valence-corrected chi connectivity index (χ1v) is 9.17. The van der Waals surface area contributed by atoms with Crippen molar-refractivity contribution in [1.29, 1.82) is 0 Å². The van der Waals surface area contributed by atoms with Crippen LogP contribution in [0.1, 0.15) is 38.7 Å². The molecule has 0 unspecified atom stereocenters. The van der Waals surface area contributed by atoms with Crippen molar-refractivity contribution < 1.29 is 13.3 Å². The minimum absolute atomic E-state index is 0.0672. The molecule has 3 rings (SSSR count). The predicted octanol–water partition coefficient (Wildman–Crippen LogP) is 2.46. The van der Waals surface area contributed by atoms with Crippen molar-refractivity contribution in [1.82, 2.24) is 4.72 Å². The Morgan fingerprint density at radius 3 is 2.74 bits per heavy atom. The molecule has 0 aromatic heterocycles. The summed E-state index contributed by atoms with van der Waals surface area (Å²) in [5.74, 6) is 1.23. The number of nitro groups is 1. The molecule has 0 bridgehead atoms. The summed E-state index contributed by atoms with van der Waals surface area (Å²) in [6, 6.07) is 3.93. The molecule has 1 aliphatic carbocycles. The third-order valence-electron chi connectivity index (χ3n) is 4.91. The maximum absolute atomic E-state index is 12.2. The van der Waals surface area contributed by atoms with Crippen LogP contribution in [0.2, 0.25) is 0 Å². The summed E-state index contributed by atoms with van der Waals surface area (Å²) in [6.45, 7) is 4.33. The summed E-state index contributed by atoms with van der Waals surface area (Å²) >= 11 is 0. The Kier molecular flexibility index (Phi) is 3.87. The smallest absolute Gasteiger partial charge is 0.264 e. The molecule has 0 saturated heterocycles. The lowest BCUT2D eigenvalue weighted by Crippen LogP contribution is -2.31. The van der Waals surface area contributed by atoms with Gasteiger partial charge in [-0.3, -0.25) is 19.8 Å². The molecule has 1 heterocycles. The van der Waals surface area contributed by atoms with E-state index in [2.05, 4.69) is 23.6 Å². The molecule has 1 aromatic carbocycles. The molecule has 2 aliphatic rings. The summed E-state index contributed by atoms with van der Waals surface area (Å²) in [5, 5.41) is 10.8. The van der Waals surface area contributed by atoms with Gasteiger partial charge in [-0.25, -0.2) is 8.42 Å². The third-order valence-corrected chi connectivity index (χ3v) is 6.29. The summed E-state index contributed by atoms with van der Waals surface area (Å²) < 4.78 is 26.9. The topological polar surface area (TPSA) is 102 Å². The number of non-ortho nitro benzene ring substituents is 1. The van der Waals surface area contributed by atoms with Crippen LogP contribution >= 0.6 is 0 Å². The van der Waals surface area contributed by atoms with Crippen molar-refractivity contribution in [3.63, 3.8) is 0 Å². The average molecular weight is 337 g/mol. The first kappa shape index (κ1) is 15.9. The fourth-order valence-corrected chi connectivity index (χ4v) is 4.53. The van der Waals surface area contributed by atoms with Crippen LogP contribution < -0.4 is 4.72 Å². The summed E-state index contributed by atoms with van der Waals surface area (Å²) in [5.41, 5.74) is 0.177. The number of benzene rings is 1. The van der Waals surface area contributed by atoms with E-state index in [0.29, 0.717) is 23.2 Å². The fraction of sp³-hybridized carbons (Fsp3) is 0.533. The number of hydrogen-bond acceptors (Lipinski definition) is 5. The van der Waals surface area contributed by atoms with Crippen molar-refractivity contribution in [3.05, 3.63) is 33.9 Å². The second kappa shape index (κ2) is 5.59. The molecular weight excluding hydrogens is 318 g/mol. The maximum Gasteiger partial charge on any atom is 0.270 e. The second-order valence-corrected chi connectivity index (χ2v) is 8.01. The normalized spacial score (nSPS) is 30.7. The number of rotatable bonds is 2. The highest BCUT2D eigenvalue weighted by atomic mass is 32.2. The lowest BCUT2D eigenvalue weighted by molar-refractivity contribution is -0.385. The van der Waals surface area contributed by atoms with Crippen LogP contribution in [0.3, 0.4) is 0 Å². The molecule has 1 aromatic rings. The number of hydrogen-bond donors (Lipinski definition) is 1. The van der Waals surface area contributed by atoms with Gasteiger partial charge >= 0.3 is 0 Å². The van der Waals surface area contributed by atoms with E-state index in [0.717, 1.165) is 25.3 Å². The second-order valence-electron chi connectivity index (χ2n) is 6.36. The van der Waals surface area contributed by atoms with Gasteiger partial charge in [0.05, 0.1) is 11.0 Å². The first-order chi connectivity index (χ1) is 10.8. The Morgan fingerprint density at radius 2 is 2.04 bits per heavy atom. The number of fused-ring (bicyclic) bond motifs is 1. The molecule has 1 aliphatic heterocycles. The molecule has 1 saturated carbocycles. The molecule has 8 heteroatoms. The van der Waals surface area contributed by atoms with Crippen LogP contribution in [0.15, 0.2) is 28.1 Å². The minimum Gasteiger partial charge on any atom is -0.264 e. The molecule has 23 heavy (non-hydrogen) atoms. The molecule has 0 radical (unpaired) electrons. The van der Waals surface area contributed by atoms with Crippen molar-refractivity contribution in [2.75, 3.05) is 0 Å². The van der Waals surface area contributed by atoms with Gasteiger partial charge in [0.1, 0.15) is 10.7 Å². The van der Waals surface area contributed by atoms with Crippen LogP contribution in [0.5, 0.6) is 0 Å². The molecule has 1 fully saturated rings. The van der Waals surface area contributed by atoms with E-state index in [1.54, 1.807) is 0 Å². The van der Waals surface area contributed by atoms with E-state index in [1.165, 1.54) is 12.1 Å². The van der Waals surface area contributed by atoms with E-state index >= 15 is 0 Å². The third kappa shape index (κ3) is 2.83. The molecular formula is C15H19N3O4S. The number of sulfonamides is 1. The largest absolute Gasteiger partial charge is 0.270 e. The van der Waals surface area contributed by atoms with Gasteiger partial charge in [-0.2, -0.15) is 0 Å². The van der Waals surface area contributed by atoms with Crippen LogP contribution in [0.4, 0.5) is 5.69 Å². The summed E-state index contributed by atoms with van der Waals surface area (Å²) in [4.78, 5) is 14.8. The molecule has 7 nitrogen and oxygen atoms in total. The van der Waals surface area contributed by atoms with Crippen molar-refractivity contribution >= 4 is 21.5 Å². The van der Waals surface area contributed by atoms with Gasteiger partial charge in [0.2, 0.25) is 0 Å². The van der Waals surface area contributed by atoms with Crippen molar-refractivity contribution in [3.8, 4) is 0 Å². The number of amidine groups is 1. The van der Waals surface area contributed by atoms with Crippen molar-refractivity contribution in [2.45, 2.75) is 44.0 Å². The van der Waals surface area contributed by atoms with Gasteiger partial charge < -0.3 is 0 Å². The first-order valence-electron chi connectivity index (χ1n) is 7.69. The zero-order chi connectivity index (χ0) is 16.8. The fourth-order valence-electron chi connectivity index (χ4n) is 3.28. The Morgan fingerprint density at radius 1 is 1.30 bits per heavy atom. The zero-order valence-corrected chi connectivity index (χ0v) is 13.8. The van der Waals surface area contributed by atoms with Crippen LogP contribution in [0, 0.1) is 22.0 Å². The van der Waals surface area contributed by atoms with E-state index in [1.807, 2.05) is 0 Å². The maximum atomic E-state index is 12.2. The van der Waals surface area contributed by atoms with Gasteiger partial charge in [-0.1, -0.05) is 26.7 Å². The van der Waals surface area contributed by atoms with Crippen LogP contribution in [-0.2, 0) is 10.0 Å². The van der Waals surface area contributed by atoms with E-state index < -0.39 is 14.9 Å². The minimum atomic E-state index is -3.78. The van der Waals surface area contributed by atoms with Gasteiger partial charge in [0, 0.05) is 17.7 Å². The van der Waals surface area contributed by atoms with Crippen LogP contribution in [-0.4, -0.2) is 25.2 Å². The molecule has 3 atom stereocenters. The van der Waals surface area contributed by atoms with E-state index in [4.69, 9.17) is 0 Å². The highest BCUT2D eigenvalue weighted by Crippen LogP contribution is 2.33. The Labute approximate surface area is 135 Å². The summed E-state index contributed by atoms with van der Waals surface area (Å²) in [6.07, 6.45) is 3.17. The average Bonchev–Trinajstić information content (AvgIpc) is 2.74. The van der Waals surface area contributed by atoms with Gasteiger partial charge in [0.25, 0.3) is 15.7 Å².